The smallest absolute Gasteiger partial charge is 0.135 e. The summed E-state index contributed by atoms with van der Waals surface area (Å²) in [5, 5.41) is 0. The van der Waals surface area contributed by atoms with Crippen molar-refractivity contribution in [2.45, 2.75) is 40.0 Å². The van der Waals surface area contributed by atoms with Gasteiger partial charge in [-0.15, -0.1) is 0 Å². The highest BCUT2D eigenvalue weighted by molar-refractivity contribution is 5.48. The predicted molar refractivity (Wildman–Crippen MR) is 93.1 cm³/mol. The Balaban J connectivity index is 1.50. The molecule has 5 nitrogen and oxygen atoms in total. The second kappa shape index (κ2) is 7.58. The maximum atomic E-state index is 5.42. The molecule has 5 heteroatoms. The third-order valence-electron chi connectivity index (χ3n) is 5.35. The highest BCUT2D eigenvalue weighted by atomic mass is 16.5. The summed E-state index contributed by atoms with van der Waals surface area (Å²) in [6.45, 7) is 13.7. The van der Waals surface area contributed by atoms with Crippen LogP contribution in [0.25, 0.3) is 0 Å². The molecule has 0 aromatic carbocycles. The van der Waals surface area contributed by atoms with Crippen molar-refractivity contribution in [1.82, 2.24) is 14.9 Å². The average molecular weight is 318 g/mol. The molecule has 128 valence electrons. The number of nitrogens with zero attached hydrogens (tertiary/aromatic N) is 4. The number of rotatable bonds is 4. The summed E-state index contributed by atoms with van der Waals surface area (Å²) in [5.74, 6) is 2.90. The largest absolute Gasteiger partial charge is 0.379 e. The van der Waals surface area contributed by atoms with Gasteiger partial charge in [0.15, 0.2) is 0 Å². The van der Waals surface area contributed by atoms with Gasteiger partial charge in [-0.1, -0.05) is 0 Å². The fourth-order valence-electron chi connectivity index (χ4n) is 3.68. The Labute approximate surface area is 140 Å². The predicted octanol–water partition coefficient (Wildman–Crippen LogP) is 2.34. The topological polar surface area (TPSA) is 41.5 Å². The molecular weight excluding hydrogens is 288 g/mol. The number of morpholine rings is 1. The van der Waals surface area contributed by atoms with Gasteiger partial charge in [0.1, 0.15) is 11.6 Å². The highest BCUT2D eigenvalue weighted by Gasteiger charge is 2.23. The quantitative estimate of drug-likeness (QED) is 0.852. The van der Waals surface area contributed by atoms with E-state index in [1.807, 2.05) is 6.92 Å². The molecule has 0 saturated carbocycles. The van der Waals surface area contributed by atoms with E-state index in [4.69, 9.17) is 9.72 Å². The highest BCUT2D eigenvalue weighted by Crippen LogP contribution is 2.27. The average Bonchev–Trinajstić information content (AvgIpc) is 2.58. The summed E-state index contributed by atoms with van der Waals surface area (Å²) < 4.78 is 5.42. The molecule has 0 amide bonds. The van der Waals surface area contributed by atoms with Crippen molar-refractivity contribution >= 4 is 5.82 Å². The lowest BCUT2D eigenvalue weighted by Gasteiger charge is -2.35. The van der Waals surface area contributed by atoms with Gasteiger partial charge in [0, 0.05) is 37.4 Å². The zero-order valence-corrected chi connectivity index (χ0v) is 14.8. The minimum absolute atomic E-state index is 0.860. The third-order valence-corrected chi connectivity index (χ3v) is 5.35. The van der Waals surface area contributed by atoms with Gasteiger partial charge in [0.05, 0.1) is 13.2 Å². The van der Waals surface area contributed by atoms with Crippen molar-refractivity contribution in [2.24, 2.45) is 5.92 Å². The molecule has 0 atom stereocenters. The van der Waals surface area contributed by atoms with E-state index in [0.717, 1.165) is 62.6 Å². The fraction of sp³-hybridized carbons (Fsp3) is 0.778. The Morgan fingerprint density at radius 3 is 2.39 bits per heavy atom. The second-order valence-corrected chi connectivity index (χ2v) is 6.98. The Kier molecular flexibility index (Phi) is 5.49. The lowest BCUT2D eigenvalue weighted by molar-refractivity contribution is 0.0349. The van der Waals surface area contributed by atoms with Crippen LogP contribution in [-0.4, -0.2) is 60.8 Å². The van der Waals surface area contributed by atoms with Crippen LogP contribution in [0.2, 0.25) is 0 Å². The monoisotopic (exact) mass is 318 g/mol. The van der Waals surface area contributed by atoms with Crippen molar-refractivity contribution in [3.63, 3.8) is 0 Å². The van der Waals surface area contributed by atoms with E-state index < -0.39 is 0 Å². The first-order valence-electron chi connectivity index (χ1n) is 9.00. The third kappa shape index (κ3) is 4.21. The van der Waals surface area contributed by atoms with Crippen LogP contribution in [0.4, 0.5) is 5.82 Å². The molecular formula is C18H30N4O. The Morgan fingerprint density at radius 1 is 1.00 bits per heavy atom. The summed E-state index contributed by atoms with van der Waals surface area (Å²) >= 11 is 0. The van der Waals surface area contributed by atoms with Crippen molar-refractivity contribution in [3.05, 3.63) is 17.1 Å². The first-order chi connectivity index (χ1) is 11.1. The van der Waals surface area contributed by atoms with Crippen LogP contribution in [0.15, 0.2) is 0 Å². The lowest BCUT2D eigenvalue weighted by atomic mass is 9.93. The van der Waals surface area contributed by atoms with Gasteiger partial charge in [0.2, 0.25) is 0 Å². The van der Waals surface area contributed by atoms with Gasteiger partial charge in [-0.05, 0) is 52.5 Å². The molecule has 0 bridgehead atoms. The van der Waals surface area contributed by atoms with Crippen molar-refractivity contribution in [1.29, 1.82) is 0 Å². The number of hydrogen-bond donors (Lipinski definition) is 0. The van der Waals surface area contributed by atoms with Crippen LogP contribution >= 0.6 is 0 Å². The Morgan fingerprint density at radius 2 is 1.70 bits per heavy atom. The SMILES string of the molecule is Cc1nc(C)c(C)c(N2CCC(CCN3CCOCC3)CC2)n1. The summed E-state index contributed by atoms with van der Waals surface area (Å²) in [6.07, 6.45) is 3.90. The van der Waals surface area contributed by atoms with Crippen LogP contribution in [-0.2, 0) is 4.74 Å². The van der Waals surface area contributed by atoms with E-state index >= 15 is 0 Å². The summed E-state index contributed by atoms with van der Waals surface area (Å²) in [5.41, 5.74) is 2.35. The molecule has 3 rings (SSSR count). The van der Waals surface area contributed by atoms with Crippen LogP contribution in [0.5, 0.6) is 0 Å². The molecule has 2 aliphatic heterocycles. The number of anilines is 1. The standard InChI is InChI=1S/C18H30N4O/c1-14-15(2)19-16(3)20-18(14)22-8-5-17(6-9-22)4-7-21-10-12-23-13-11-21/h17H,4-13H2,1-3H3. The summed E-state index contributed by atoms with van der Waals surface area (Å²) in [4.78, 5) is 14.2. The minimum atomic E-state index is 0.860. The molecule has 1 aromatic rings. The number of aryl methyl sites for hydroxylation is 2. The molecule has 0 spiro atoms. The number of piperidine rings is 1. The van der Waals surface area contributed by atoms with Crippen LogP contribution in [0, 0.1) is 26.7 Å². The Bertz CT molecular complexity index is 520. The van der Waals surface area contributed by atoms with Crippen molar-refractivity contribution in [2.75, 3.05) is 50.8 Å². The number of aromatic nitrogens is 2. The van der Waals surface area contributed by atoms with Gasteiger partial charge in [-0.2, -0.15) is 0 Å². The van der Waals surface area contributed by atoms with E-state index in [0.29, 0.717) is 0 Å². The molecule has 0 aliphatic carbocycles. The molecule has 3 heterocycles. The van der Waals surface area contributed by atoms with Crippen molar-refractivity contribution in [3.8, 4) is 0 Å². The van der Waals surface area contributed by atoms with Crippen LogP contribution in [0.1, 0.15) is 36.3 Å². The molecule has 2 saturated heterocycles. The molecule has 0 radical (unpaired) electrons. The van der Waals surface area contributed by atoms with Gasteiger partial charge < -0.3 is 9.64 Å². The lowest BCUT2D eigenvalue weighted by Crippen LogP contribution is -2.39. The normalized spacial score (nSPS) is 20.9. The van der Waals surface area contributed by atoms with Crippen molar-refractivity contribution < 1.29 is 4.74 Å². The van der Waals surface area contributed by atoms with E-state index in [9.17, 15) is 0 Å². The number of ether oxygens (including phenoxy) is 1. The first-order valence-corrected chi connectivity index (χ1v) is 9.00. The molecule has 0 unspecified atom stereocenters. The fourth-order valence-corrected chi connectivity index (χ4v) is 3.68. The van der Waals surface area contributed by atoms with Gasteiger partial charge in [-0.3, -0.25) is 4.90 Å². The Hall–Kier alpha value is -1.20. The van der Waals surface area contributed by atoms with Gasteiger partial charge >= 0.3 is 0 Å². The molecule has 23 heavy (non-hydrogen) atoms. The zero-order valence-electron chi connectivity index (χ0n) is 14.8. The number of hydrogen-bond acceptors (Lipinski definition) is 5. The van der Waals surface area contributed by atoms with E-state index in [1.165, 1.54) is 31.4 Å². The van der Waals surface area contributed by atoms with E-state index in [-0.39, 0.29) is 0 Å². The van der Waals surface area contributed by atoms with Crippen LogP contribution in [0.3, 0.4) is 0 Å². The maximum Gasteiger partial charge on any atom is 0.135 e. The van der Waals surface area contributed by atoms with Gasteiger partial charge in [-0.25, -0.2) is 9.97 Å². The molecule has 0 N–H and O–H groups in total. The summed E-state index contributed by atoms with van der Waals surface area (Å²) in [7, 11) is 0. The molecule has 2 fully saturated rings. The van der Waals surface area contributed by atoms with E-state index in [1.54, 1.807) is 0 Å². The first kappa shape index (κ1) is 16.7. The maximum absolute atomic E-state index is 5.42. The second-order valence-electron chi connectivity index (χ2n) is 6.98. The zero-order chi connectivity index (χ0) is 16.2. The molecule has 1 aromatic heterocycles. The van der Waals surface area contributed by atoms with E-state index in [2.05, 4.69) is 28.6 Å². The molecule has 2 aliphatic rings. The van der Waals surface area contributed by atoms with Gasteiger partial charge in [0.25, 0.3) is 0 Å². The van der Waals surface area contributed by atoms with Crippen LogP contribution < -0.4 is 4.90 Å². The minimum Gasteiger partial charge on any atom is -0.379 e. The summed E-state index contributed by atoms with van der Waals surface area (Å²) in [6, 6.07) is 0.